The molecular weight excluding hydrogens is 426 g/mol. The summed E-state index contributed by atoms with van der Waals surface area (Å²) < 4.78 is 13.9. The largest absolute Gasteiger partial charge is 0.497 e. The number of aryl methyl sites for hydroxylation is 1. The Labute approximate surface area is 190 Å². The van der Waals surface area contributed by atoms with Crippen LogP contribution in [0.25, 0.3) is 15.9 Å². The Hall–Kier alpha value is -2.75. The predicted octanol–water partition coefficient (Wildman–Crippen LogP) is 3.08. The van der Waals surface area contributed by atoms with Gasteiger partial charge in [-0.25, -0.2) is 9.78 Å². The van der Waals surface area contributed by atoms with E-state index in [1.807, 2.05) is 28.8 Å². The average molecular weight is 454 g/mol. The Morgan fingerprint density at radius 1 is 1.19 bits per heavy atom. The summed E-state index contributed by atoms with van der Waals surface area (Å²) in [7, 11) is 3.41. The van der Waals surface area contributed by atoms with Crippen LogP contribution in [0, 0.1) is 6.92 Å². The third-order valence-corrected chi connectivity index (χ3v) is 7.66. The summed E-state index contributed by atoms with van der Waals surface area (Å²) in [4.78, 5) is 22.4. The molecule has 1 saturated heterocycles. The SMILES string of the molecule is COCC1CCCN1Cc1sc2c(c1C)c1ncnn1c(=O)n2Cc1ccc(OC)cc1. The van der Waals surface area contributed by atoms with E-state index in [-0.39, 0.29) is 5.69 Å². The molecule has 1 atom stereocenters. The summed E-state index contributed by atoms with van der Waals surface area (Å²) >= 11 is 1.69. The molecule has 0 saturated carbocycles. The molecular formula is C23H27N5O3S. The maximum Gasteiger partial charge on any atom is 0.352 e. The van der Waals surface area contributed by atoms with Crippen molar-refractivity contribution in [2.45, 2.75) is 38.9 Å². The van der Waals surface area contributed by atoms with E-state index in [9.17, 15) is 4.79 Å². The lowest BCUT2D eigenvalue weighted by Gasteiger charge is -2.23. The molecule has 8 nitrogen and oxygen atoms in total. The molecule has 0 spiro atoms. The first-order valence-corrected chi connectivity index (χ1v) is 11.6. The van der Waals surface area contributed by atoms with E-state index >= 15 is 0 Å². The Bertz CT molecular complexity index is 1310. The number of hydrogen-bond acceptors (Lipinski definition) is 7. The normalized spacial score (nSPS) is 17.0. The number of ether oxygens (including phenoxy) is 2. The van der Waals surface area contributed by atoms with Gasteiger partial charge in [-0.15, -0.1) is 11.3 Å². The van der Waals surface area contributed by atoms with Gasteiger partial charge in [-0.2, -0.15) is 9.61 Å². The van der Waals surface area contributed by atoms with Crippen molar-refractivity contribution in [1.29, 1.82) is 0 Å². The maximum absolute atomic E-state index is 13.3. The van der Waals surface area contributed by atoms with Crippen LogP contribution in [-0.2, 0) is 17.8 Å². The lowest BCUT2D eigenvalue weighted by atomic mass is 10.2. The molecule has 1 aliphatic rings. The maximum atomic E-state index is 13.3. The second kappa shape index (κ2) is 8.65. The standard InChI is InChI=1S/C23H27N5O3S/c1-15-19(12-26-10-4-5-17(26)13-30-2)32-22-20(15)21-24-14-25-28(21)23(29)27(22)11-16-6-8-18(31-3)9-7-16/h6-9,14,17H,4-5,10-13H2,1-3H3. The molecule has 9 heteroatoms. The van der Waals surface area contributed by atoms with E-state index < -0.39 is 0 Å². The first-order valence-electron chi connectivity index (χ1n) is 10.8. The molecule has 0 aliphatic carbocycles. The molecule has 168 valence electrons. The van der Waals surface area contributed by atoms with Crippen molar-refractivity contribution in [3.8, 4) is 5.75 Å². The van der Waals surface area contributed by atoms with Gasteiger partial charge in [-0.1, -0.05) is 12.1 Å². The number of benzene rings is 1. The molecule has 0 N–H and O–H groups in total. The first-order chi connectivity index (χ1) is 15.6. The van der Waals surface area contributed by atoms with E-state index in [4.69, 9.17) is 9.47 Å². The molecule has 3 aromatic heterocycles. The van der Waals surface area contributed by atoms with E-state index in [2.05, 4.69) is 21.9 Å². The van der Waals surface area contributed by atoms with Crippen molar-refractivity contribution < 1.29 is 9.47 Å². The lowest BCUT2D eigenvalue weighted by molar-refractivity contribution is 0.112. The van der Waals surface area contributed by atoms with E-state index in [1.165, 1.54) is 27.7 Å². The molecule has 0 amide bonds. The fraction of sp³-hybridized carbons (Fsp3) is 0.435. The van der Waals surface area contributed by atoms with E-state index in [0.717, 1.165) is 47.6 Å². The summed E-state index contributed by atoms with van der Waals surface area (Å²) in [5.74, 6) is 0.795. The highest BCUT2D eigenvalue weighted by Gasteiger charge is 2.27. The molecule has 0 bridgehead atoms. The second-order valence-electron chi connectivity index (χ2n) is 8.26. The number of likely N-dealkylation sites (tertiary alicyclic amines) is 1. The average Bonchev–Trinajstić information content (AvgIpc) is 3.52. The minimum absolute atomic E-state index is 0.174. The Balaban J connectivity index is 1.60. The van der Waals surface area contributed by atoms with Crippen molar-refractivity contribution in [3.63, 3.8) is 0 Å². The highest BCUT2D eigenvalue weighted by molar-refractivity contribution is 7.19. The van der Waals surface area contributed by atoms with Crippen LogP contribution in [0.3, 0.4) is 0 Å². The number of thiophene rings is 1. The number of aromatic nitrogens is 4. The Kier molecular flexibility index (Phi) is 5.71. The lowest BCUT2D eigenvalue weighted by Crippen LogP contribution is -2.32. The van der Waals surface area contributed by atoms with Gasteiger partial charge < -0.3 is 9.47 Å². The second-order valence-corrected chi connectivity index (χ2v) is 9.35. The molecule has 1 aromatic carbocycles. The minimum atomic E-state index is -0.174. The Morgan fingerprint density at radius 2 is 2.00 bits per heavy atom. The van der Waals surface area contributed by atoms with Gasteiger partial charge in [0.2, 0.25) is 0 Å². The van der Waals surface area contributed by atoms with Crippen LogP contribution in [-0.4, -0.2) is 57.5 Å². The molecule has 4 aromatic rings. The fourth-order valence-electron chi connectivity index (χ4n) is 4.62. The predicted molar refractivity (Wildman–Crippen MR) is 125 cm³/mol. The van der Waals surface area contributed by atoms with Gasteiger partial charge in [0.25, 0.3) is 0 Å². The summed E-state index contributed by atoms with van der Waals surface area (Å²) in [6.07, 6.45) is 3.81. The van der Waals surface area contributed by atoms with Gasteiger partial charge >= 0.3 is 5.69 Å². The van der Waals surface area contributed by atoms with Crippen molar-refractivity contribution in [2.75, 3.05) is 27.4 Å². The third kappa shape index (κ3) is 3.60. The molecule has 4 heterocycles. The van der Waals surface area contributed by atoms with Crippen LogP contribution in [0.15, 0.2) is 35.4 Å². The zero-order valence-electron chi connectivity index (χ0n) is 18.6. The van der Waals surface area contributed by atoms with Crippen LogP contribution in [0.5, 0.6) is 5.75 Å². The molecule has 1 unspecified atom stereocenters. The van der Waals surface area contributed by atoms with Crippen molar-refractivity contribution in [3.05, 3.63) is 57.1 Å². The molecule has 5 rings (SSSR count). The summed E-state index contributed by atoms with van der Waals surface area (Å²) in [5, 5.41) is 5.23. The summed E-state index contributed by atoms with van der Waals surface area (Å²) in [5.41, 5.74) is 2.66. The van der Waals surface area contributed by atoms with Crippen molar-refractivity contribution in [1.82, 2.24) is 24.1 Å². The number of hydrogen-bond donors (Lipinski definition) is 0. The fourth-order valence-corrected chi connectivity index (χ4v) is 5.94. The Morgan fingerprint density at radius 3 is 2.75 bits per heavy atom. The number of nitrogens with zero attached hydrogens (tertiary/aromatic N) is 5. The van der Waals surface area contributed by atoms with Crippen LogP contribution < -0.4 is 10.4 Å². The topological polar surface area (TPSA) is 73.9 Å². The van der Waals surface area contributed by atoms with E-state index in [0.29, 0.717) is 18.2 Å². The molecule has 1 aliphatic heterocycles. The van der Waals surface area contributed by atoms with Crippen LogP contribution in [0.1, 0.15) is 28.8 Å². The van der Waals surface area contributed by atoms with Gasteiger partial charge in [0.15, 0.2) is 5.65 Å². The number of rotatable bonds is 7. The quantitative estimate of drug-likeness (QED) is 0.428. The number of methoxy groups -OCH3 is 2. The number of fused-ring (bicyclic) bond motifs is 3. The van der Waals surface area contributed by atoms with Gasteiger partial charge in [-0.3, -0.25) is 9.47 Å². The summed E-state index contributed by atoms with van der Waals surface area (Å²) in [6, 6.07) is 8.26. The van der Waals surface area contributed by atoms with Gasteiger partial charge in [0, 0.05) is 24.6 Å². The molecule has 32 heavy (non-hydrogen) atoms. The summed E-state index contributed by atoms with van der Waals surface area (Å²) in [6.45, 7) is 5.27. The molecule has 1 fully saturated rings. The minimum Gasteiger partial charge on any atom is -0.497 e. The first kappa shape index (κ1) is 21.1. The van der Waals surface area contributed by atoms with Gasteiger partial charge in [0.05, 0.1) is 25.6 Å². The van der Waals surface area contributed by atoms with E-state index in [1.54, 1.807) is 25.6 Å². The molecule has 0 radical (unpaired) electrons. The smallest absolute Gasteiger partial charge is 0.352 e. The zero-order valence-corrected chi connectivity index (χ0v) is 19.4. The van der Waals surface area contributed by atoms with Gasteiger partial charge in [-0.05, 0) is 49.6 Å². The highest BCUT2D eigenvalue weighted by atomic mass is 32.1. The van der Waals surface area contributed by atoms with Crippen LogP contribution in [0.4, 0.5) is 0 Å². The van der Waals surface area contributed by atoms with Crippen LogP contribution in [0.2, 0.25) is 0 Å². The third-order valence-electron chi connectivity index (χ3n) is 6.36. The van der Waals surface area contributed by atoms with Gasteiger partial charge in [0.1, 0.15) is 16.9 Å². The highest BCUT2D eigenvalue weighted by Crippen LogP contribution is 2.34. The van der Waals surface area contributed by atoms with Crippen molar-refractivity contribution >= 4 is 27.2 Å². The van der Waals surface area contributed by atoms with Crippen LogP contribution >= 0.6 is 11.3 Å². The monoisotopic (exact) mass is 453 g/mol. The zero-order chi connectivity index (χ0) is 22.2. The van der Waals surface area contributed by atoms with Crippen molar-refractivity contribution in [2.24, 2.45) is 0 Å².